The van der Waals surface area contributed by atoms with Crippen LogP contribution < -0.4 is 16.0 Å². The molecular weight excluding hydrogens is 445 g/mol. The van der Waals surface area contributed by atoms with Crippen molar-refractivity contribution in [2.24, 2.45) is 0 Å². The van der Waals surface area contributed by atoms with Crippen molar-refractivity contribution in [2.75, 3.05) is 31.5 Å². The standard InChI is InChI=1S/C27H32FN5O2/c1-19-18-25(23-4-2-3-5-24(23)30-19)32-27(35)29-14-17-33-15-12-22(13-16-33)31-26(34)11-8-20-6-9-21(28)10-7-20/h2-7,9-10,18,22H,8,11-17H2,1H3,(H,31,34)(H2,29,30,32,35). The average molecular weight is 478 g/mol. The maximum absolute atomic E-state index is 13.0. The molecule has 184 valence electrons. The fourth-order valence-electron chi connectivity index (χ4n) is 4.41. The van der Waals surface area contributed by atoms with Crippen molar-refractivity contribution < 1.29 is 14.0 Å². The molecule has 8 heteroatoms. The van der Waals surface area contributed by atoms with Crippen molar-refractivity contribution in [3.63, 3.8) is 0 Å². The summed E-state index contributed by atoms with van der Waals surface area (Å²) in [6.07, 6.45) is 2.78. The molecule has 7 nitrogen and oxygen atoms in total. The van der Waals surface area contributed by atoms with Gasteiger partial charge in [0.2, 0.25) is 5.91 Å². The molecule has 0 radical (unpaired) electrons. The normalized spacial score (nSPS) is 14.6. The molecule has 0 aliphatic carbocycles. The van der Waals surface area contributed by atoms with E-state index in [1.807, 2.05) is 37.3 Å². The van der Waals surface area contributed by atoms with Gasteiger partial charge >= 0.3 is 6.03 Å². The molecule has 0 spiro atoms. The molecule has 0 unspecified atom stereocenters. The van der Waals surface area contributed by atoms with E-state index in [2.05, 4.69) is 25.8 Å². The first-order chi connectivity index (χ1) is 17.0. The number of hydrogen-bond acceptors (Lipinski definition) is 4. The maximum Gasteiger partial charge on any atom is 0.319 e. The molecule has 3 aromatic rings. The molecule has 0 atom stereocenters. The highest BCUT2D eigenvalue weighted by molar-refractivity contribution is 6.00. The summed E-state index contributed by atoms with van der Waals surface area (Å²) in [5.74, 6) is -0.233. The molecule has 35 heavy (non-hydrogen) atoms. The number of likely N-dealkylation sites (tertiary alicyclic amines) is 1. The summed E-state index contributed by atoms with van der Waals surface area (Å²) in [4.78, 5) is 31.5. The Morgan fingerprint density at radius 2 is 1.83 bits per heavy atom. The molecule has 1 aliphatic heterocycles. The van der Waals surface area contributed by atoms with Gasteiger partial charge in [0.15, 0.2) is 0 Å². The van der Waals surface area contributed by atoms with E-state index in [0.717, 1.165) is 60.3 Å². The fraction of sp³-hybridized carbons (Fsp3) is 0.370. The van der Waals surface area contributed by atoms with Gasteiger partial charge < -0.3 is 20.9 Å². The Labute approximate surface area is 205 Å². The lowest BCUT2D eigenvalue weighted by atomic mass is 10.0. The highest BCUT2D eigenvalue weighted by Crippen LogP contribution is 2.22. The highest BCUT2D eigenvalue weighted by Gasteiger charge is 2.20. The zero-order valence-corrected chi connectivity index (χ0v) is 20.0. The number of rotatable bonds is 8. The molecule has 2 aromatic carbocycles. The minimum absolute atomic E-state index is 0.0324. The van der Waals surface area contributed by atoms with Crippen molar-refractivity contribution in [3.8, 4) is 0 Å². The summed E-state index contributed by atoms with van der Waals surface area (Å²) in [5.41, 5.74) is 3.42. The van der Waals surface area contributed by atoms with Crippen LogP contribution in [0, 0.1) is 12.7 Å². The van der Waals surface area contributed by atoms with Crippen LogP contribution in [0.15, 0.2) is 54.6 Å². The van der Waals surface area contributed by atoms with E-state index < -0.39 is 0 Å². The number of aromatic nitrogens is 1. The third-order valence-corrected chi connectivity index (χ3v) is 6.31. The van der Waals surface area contributed by atoms with Crippen molar-refractivity contribution in [3.05, 3.63) is 71.7 Å². The van der Waals surface area contributed by atoms with E-state index in [1.165, 1.54) is 12.1 Å². The predicted molar refractivity (Wildman–Crippen MR) is 136 cm³/mol. The van der Waals surface area contributed by atoms with Crippen LogP contribution in [0.4, 0.5) is 14.9 Å². The Kier molecular flexibility index (Phi) is 8.26. The lowest BCUT2D eigenvalue weighted by molar-refractivity contribution is -0.122. The van der Waals surface area contributed by atoms with Crippen molar-refractivity contribution in [1.82, 2.24) is 20.5 Å². The second-order valence-corrected chi connectivity index (χ2v) is 9.02. The Balaban J connectivity index is 1.13. The largest absolute Gasteiger partial charge is 0.353 e. The van der Waals surface area contributed by atoms with Gasteiger partial charge in [-0.25, -0.2) is 9.18 Å². The molecule has 3 amide bonds. The predicted octanol–water partition coefficient (Wildman–Crippen LogP) is 4.02. The van der Waals surface area contributed by atoms with Gasteiger partial charge in [-0.05, 0) is 56.0 Å². The topological polar surface area (TPSA) is 86.4 Å². The first kappa shape index (κ1) is 24.6. The Hall–Kier alpha value is -3.52. The first-order valence-electron chi connectivity index (χ1n) is 12.1. The number of benzene rings is 2. The Morgan fingerprint density at radius 1 is 1.09 bits per heavy atom. The highest BCUT2D eigenvalue weighted by atomic mass is 19.1. The number of fused-ring (bicyclic) bond motifs is 1. The number of pyridine rings is 1. The number of halogens is 1. The van der Waals surface area contributed by atoms with Crippen LogP contribution in [0.3, 0.4) is 0 Å². The molecule has 1 saturated heterocycles. The molecule has 1 fully saturated rings. The van der Waals surface area contributed by atoms with Gasteiger partial charge in [0, 0.05) is 49.7 Å². The van der Waals surface area contributed by atoms with Crippen LogP contribution >= 0.6 is 0 Å². The van der Waals surface area contributed by atoms with Gasteiger partial charge in [0.1, 0.15) is 5.82 Å². The maximum atomic E-state index is 13.0. The number of piperidine rings is 1. The van der Waals surface area contributed by atoms with Gasteiger partial charge in [-0.3, -0.25) is 9.78 Å². The Bertz CT molecular complexity index is 1160. The summed E-state index contributed by atoms with van der Waals surface area (Å²) < 4.78 is 13.0. The number of urea groups is 1. The smallest absolute Gasteiger partial charge is 0.319 e. The van der Waals surface area contributed by atoms with Gasteiger partial charge in [0.05, 0.1) is 11.2 Å². The minimum Gasteiger partial charge on any atom is -0.353 e. The number of hydrogen-bond donors (Lipinski definition) is 3. The van der Waals surface area contributed by atoms with Gasteiger partial charge in [-0.15, -0.1) is 0 Å². The SMILES string of the molecule is Cc1cc(NC(=O)NCCN2CCC(NC(=O)CCc3ccc(F)cc3)CC2)c2ccccc2n1. The molecular formula is C27H32FN5O2. The second-order valence-electron chi connectivity index (χ2n) is 9.02. The van der Waals surface area contributed by atoms with E-state index in [4.69, 9.17) is 0 Å². The van der Waals surface area contributed by atoms with Crippen molar-refractivity contribution in [1.29, 1.82) is 0 Å². The molecule has 4 rings (SSSR count). The number of para-hydroxylation sites is 1. The van der Waals surface area contributed by atoms with Gasteiger partial charge in [0.25, 0.3) is 0 Å². The Morgan fingerprint density at radius 3 is 2.60 bits per heavy atom. The van der Waals surface area contributed by atoms with Crippen LogP contribution in [0.1, 0.15) is 30.5 Å². The molecule has 1 aromatic heterocycles. The van der Waals surface area contributed by atoms with Gasteiger partial charge in [-0.1, -0.05) is 30.3 Å². The third kappa shape index (κ3) is 7.23. The minimum atomic E-state index is -0.266. The first-order valence-corrected chi connectivity index (χ1v) is 12.1. The quantitative estimate of drug-likeness (QED) is 0.458. The number of carbonyl (C=O) groups excluding carboxylic acids is 2. The molecule has 3 N–H and O–H groups in total. The molecule has 0 saturated carbocycles. The summed E-state index contributed by atoms with van der Waals surface area (Å²) in [6, 6.07) is 15.8. The zero-order chi connectivity index (χ0) is 24.6. The van der Waals surface area contributed by atoms with Crippen LogP contribution in [0.2, 0.25) is 0 Å². The summed E-state index contributed by atoms with van der Waals surface area (Å²) in [6.45, 7) is 4.96. The number of anilines is 1. The van der Waals surface area contributed by atoms with Crippen LogP contribution in [0.25, 0.3) is 10.9 Å². The average Bonchev–Trinajstić information content (AvgIpc) is 2.85. The summed E-state index contributed by atoms with van der Waals surface area (Å²) in [5, 5.41) is 9.91. The van der Waals surface area contributed by atoms with Crippen LogP contribution in [-0.4, -0.2) is 54.0 Å². The van der Waals surface area contributed by atoms with E-state index in [1.54, 1.807) is 12.1 Å². The van der Waals surface area contributed by atoms with Crippen LogP contribution in [-0.2, 0) is 11.2 Å². The number of aryl methyl sites for hydroxylation is 2. The number of carbonyl (C=O) groups is 2. The second kappa shape index (κ2) is 11.8. The number of amides is 3. The zero-order valence-electron chi connectivity index (χ0n) is 20.0. The van der Waals surface area contributed by atoms with Crippen molar-refractivity contribution in [2.45, 2.75) is 38.6 Å². The molecule has 1 aliphatic rings. The van der Waals surface area contributed by atoms with E-state index in [0.29, 0.717) is 19.4 Å². The van der Waals surface area contributed by atoms with Crippen molar-refractivity contribution >= 4 is 28.5 Å². The van der Waals surface area contributed by atoms with E-state index >= 15 is 0 Å². The number of nitrogens with zero attached hydrogens (tertiary/aromatic N) is 2. The summed E-state index contributed by atoms with van der Waals surface area (Å²) >= 11 is 0. The van der Waals surface area contributed by atoms with Gasteiger partial charge in [-0.2, -0.15) is 0 Å². The lowest BCUT2D eigenvalue weighted by Gasteiger charge is -2.32. The third-order valence-electron chi connectivity index (χ3n) is 6.31. The fourth-order valence-corrected chi connectivity index (χ4v) is 4.41. The number of nitrogens with one attached hydrogen (secondary N) is 3. The van der Waals surface area contributed by atoms with E-state index in [-0.39, 0.29) is 23.8 Å². The monoisotopic (exact) mass is 477 g/mol. The van der Waals surface area contributed by atoms with Crippen LogP contribution in [0.5, 0.6) is 0 Å². The van der Waals surface area contributed by atoms with E-state index in [9.17, 15) is 14.0 Å². The molecule has 0 bridgehead atoms. The summed E-state index contributed by atoms with van der Waals surface area (Å²) in [7, 11) is 0. The lowest BCUT2D eigenvalue weighted by Crippen LogP contribution is -2.46. The molecule has 2 heterocycles.